The summed E-state index contributed by atoms with van der Waals surface area (Å²) < 4.78 is 0. The SMILES string of the molecule is CCCNC(C)CCN1C(=O)CCC1=O. The lowest BCUT2D eigenvalue weighted by atomic mass is 10.2. The number of nitrogens with one attached hydrogen (secondary N) is 1. The second kappa shape index (κ2) is 5.85. The van der Waals surface area contributed by atoms with Crippen molar-refractivity contribution >= 4 is 11.8 Å². The van der Waals surface area contributed by atoms with Crippen molar-refractivity contribution in [2.24, 2.45) is 0 Å². The third-order valence-electron chi connectivity index (χ3n) is 2.68. The smallest absolute Gasteiger partial charge is 0.229 e. The van der Waals surface area contributed by atoms with Crippen molar-refractivity contribution in [1.82, 2.24) is 10.2 Å². The van der Waals surface area contributed by atoms with Crippen LogP contribution in [0.1, 0.15) is 39.5 Å². The lowest BCUT2D eigenvalue weighted by molar-refractivity contribution is -0.138. The summed E-state index contributed by atoms with van der Waals surface area (Å²) in [4.78, 5) is 24.0. The average molecular weight is 212 g/mol. The fourth-order valence-corrected chi connectivity index (χ4v) is 1.69. The molecule has 4 heteroatoms. The number of amides is 2. The van der Waals surface area contributed by atoms with E-state index in [1.807, 2.05) is 0 Å². The molecule has 1 heterocycles. The van der Waals surface area contributed by atoms with Gasteiger partial charge in [-0.1, -0.05) is 6.92 Å². The number of carbonyl (C=O) groups excluding carboxylic acids is 2. The molecule has 1 unspecified atom stereocenters. The van der Waals surface area contributed by atoms with Crippen molar-refractivity contribution in [2.45, 2.75) is 45.6 Å². The van der Waals surface area contributed by atoms with Gasteiger partial charge in [0.1, 0.15) is 0 Å². The van der Waals surface area contributed by atoms with Crippen LogP contribution in [-0.4, -0.2) is 35.8 Å². The highest BCUT2D eigenvalue weighted by Crippen LogP contribution is 2.12. The van der Waals surface area contributed by atoms with Crippen molar-refractivity contribution in [3.05, 3.63) is 0 Å². The summed E-state index contributed by atoms with van der Waals surface area (Å²) in [6, 6.07) is 0.367. The van der Waals surface area contributed by atoms with Crippen LogP contribution in [0.15, 0.2) is 0 Å². The Hall–Kier alpha value is -0.900. The van der Waals surface area contributed by atoms with Crippen LogP contribution >= 0.6 is 0 Å². The highest BCUT2D eigenvalue weighted by atomic mass is 16.2. The molecular weight excluding hydrogens is 192 g/mol. The number of hydrogen-bond acceptors (Lipinski definition) is 3. The maximum Gasteiger partial charge on any atom is 0.229 e. The summed E-state index contributed by atoms with van der Waals surface area (Å²) in [6.07, 6.45) is 2.74. The molecule has 0 aromatic carbocycles. The van der Waals surface area contributed by atoms with E-state index >= 15 is 0 Å². The molecule has 1 rings (SSSR count). The van der Waals surface area contributed by atoms with Crippen molar-refractivity contribution in [1.29, 1.82) is 0 Å². The van der Waals surface area contributed by atoms with E-state index in [0.717, 1.165) is 19.4 Å². The van der Waals surface area contributed by atoms with Gasteiger partial charge in [-0.3, -0.25) is 14.5 Å². The molecule has 1 aliphatic rings. The second-order valence-electron chi connectivity index (χ2n) is 4.08. The summed E-state index contributed by atoms with van der Waals surface area (Å²) in [5.41, 5.74) is 0. The third kappa shape index (κ3) is 3.63. The minimum Gasteiger partial charge on any atom is -0.314 e. The highest BCUT2D eigenvalue weighted by molar-refractivity contribution is 6.01. The molecule has 0 radical (unpaired) electrons. The van der Waals surface area contributed by atoms with E-state index in [-0.39, 0.29) is 11.8 Å². The number of nitrogens with zero attached hydrogens (tertiary/aromatic N) is 1. The minimum absolute atomic E-state index is 0.0114. The van der Waals surface area contributed by atoms with Crippen molar-refractivity contribution in [3.8, 4) is 0 Å². The van der Waals surface area contributed by atoms with E-state index in [0.29, 0.717) is 25.4 Å². The van der Waals surface area contributed by atoms with Gasteiger partial charge in [-0.15, -0.1) is 0 Å². The van der Waals surface area contributed by atoms with Crippen molar-refractivity contribution in [2.75, 3.05) is 13.1 Å². The Balaban J connectivity index is 2.24. The largest absolute Gasteiger partial charge is 0.314 e. The minimum atomic E-state index is -0.0114. The monoisotopic (exact) mass is 212 g/mol. The molecule has 1 aliphatic heterocycles. The molecule has 1 saturated heterocycles. The van der Waals surface area contributed by atoms with Gasteiger partial charge in [0.05, 0.1) is 0 Å². The molecule has 0 aliphatic carbocycles. The Labute approximate surface area is 91.0 Å². The Bertz CT molecular complexity index is 225. The first-order valence-corrected chi connectivity index (χ1v) is 5.71. The maximum absolute atomic E-state index is 11.3. The zero-order valence-electron chi connectivity index (χ0n) is 9.58. The molecule has 2 amide bonds. The van der Waals surface area contributed by atoms with Crippen molar-refractivity contribution < 1.29 is 9.59 Å². The molecule has 1 atom stereocenters. The van der Waals surface area contributed by atoms with E-state index in [1.165, 1.54) is 4.90 Å². The van der Waals surface area contributed by atoms with E-state index in [1.54, 1.807) is 0 Å². The maximum atomic E-state index is 11.3. The van der Waals surface area contributed by atoms with Crippen LogP contribution in [0.25, 0.3) is 0 Å². The summed E-state index contributed by atoms with van der Waals surface area (Å²) >= 11 is 0. The van der Waals surface area contributed by atoms with Gasteiger partial charge in [0.15, 0.2) is 0 Å². The number of rotatable bonds is 6. The third-order valence-corrected chi connectivity index (χ3v) is 2.68. The van der Waals surface area contributed by atoms with E-state index in [2.05, 4.69) is 19.2 Å². The molecule has 0 saturated carbocycles. The fraction of sp³-hybridized carbons (Fsp3) is 0.818. The van der Waals surface area contributed by atoms with Crippen LogP contribution in [0.4, 0.5) is 0 Å². The Morgan fingerprint density at radius 2 is 1.93 bits per heavy atom. The molecule has 1 fully saturated rings. The van der Waals surface area contributed by atoms with Gasteiger partial charge < -0.3 is 5.32 Å². The predicted octanol–water partition coefficient (Wildman–Crippen LogP) is 0.914. The molecule has 1 N–H and O–H groups in total. The molecule has 0 spiro atoms. The first-order chi connectivity index (χ1) is 7.15. The van der Waals surface area contributed by atoms with Gasteiger partial charge in [0.2, 0.25) is 11.8 Å². The van der Waals surface area contributed by atoms with Crippen LogP contribution in [0, 0.1) is 0 Å². The zero-order chi connectivity index (χ0) is 11.3. The summed E-state index contributed by atoms with van der Waals surface area (Å²) in [7, 11) is 0. The van der Waals surface area contributed by atoms with E-state index in [9.17, 15) is 9.59 Å². The summed E-state index contributed by atoms with van der Waals surface area (Å²) in [5, 5.41) is 3.34. The predicted molar refractivity (Wildman–Crippen MR) is 58.3 cm³/mol. The molecule has 0 aromatic heterocycles. The van der Waals surface area contributed by atoms with E-state index < -0.39 is 0 Å². The summed E-state index contributed by atoms with van der Waals surface area (Å²) in [6.45, 7) is 5.76. The van der Waals surface area contributed by atoms with Crippen LogP contribution in [0.2, 0.25) is 0 Å². The Morgan fingerprint density at radius 1 is 1.33 bits per heavy atom. The summed E-state index contributed by atoms with van der Waals surface area (Å²) in [5.74, 6) is -0.0228. The number of likely N-dealkylation sites (tertiary alicyclic amines) is 1. The topological polar surface area (TPSA) is 49.4 Å². The van der Waals surface area contributed by atoms with Gasteiger partial charge in [-0.25, -0.2) is 0 Å². The average Bonchev–Trinajstić information content (AvgIpc) is 2.53. The normalized spacial score (nSPS) is 18.7. The lowest BCUT2D eigenvalue weighted by Crippen LogP contribution is -2.35. The molecular formula is C11H20N2O2. The van der Waals surface area contributed by atoms with Gasteiger partial charge in [0.25, 0.3) is 0 Å². The van der Waals surface area contributed by atoms with Gasteiger partial charge in [-0.05, 0) is 26.3 Å². The molecule has 86 valence electrons. The number of hydrogen-bond donors (Lipinski definition) is 1. The second-order valence-corrected chi connectivity index (χ2v) is 4.08. The fourth-order valence-electron chi connectivity index (χ4n) is 1.69. The lowest BCUT2D eigenvalue weighted by Gasteiger charge is -2.18. The van der Waals surface area contributed by atoms with Gasteiger partial charge in [0, 0.05) is 25.4 Å². The van der Waals surface area contributed by atoms with Crippen LogP contribution in [0.3, 0.4) is 0 Å². The number of imide groups is 1. The Morgan fingerprint density at radius 3 is 2.47 bits per heavy atom. The molecule has 0 bridgehead atoms. The van der Waals surface area contributed by atoms with Gasteiger partial charge in [-0.2, -0.15) is 0 Å². The number of carbonyl (C=O) groups is 2. The van der Waals surface area contributed by atoms with Crippen LogP contribution in [-0.2, 0) is 9.59 Å². The first-order valence-electron chi connectivity index (χ1n) is 5.71. The Kier molecular flexibility index (Phi) is 4.75. The standard InChI is InChI=1S/C11H20N2O2/c1-3-7-12-9(2)6-8-13-10(14)4-5-11(13)15/h9,12H,3-8H2,1-2H3. The van der Waals surface area contributed by atoms with Gasteiger partial charge >= 0.3 is 0 Å². The quantitative estimate of drug-likeness (QED) is 0.666. The first kappa shape index (κ1) is 12.2. The zero-order valence-corrected chi connectivity index (χ0v) is 9.58. The molecule has 15 heavy (non-hydrogen) atoms. The van der Waals surface area contributed by atoms with E-state index in [4.69, 9.17) is 0 Å². The molecule has 0 aromatic rings. The highest BCUT2D eigenvalue weighted by Gasteiger charge is 2.28. The van der Waals surface area contributed by atoms with Crippen LogP contribution in [0.5, 0.6) is 0 Å². The van der Waals surface area contributed by atoms with Crippen molar-refractivity contribution in [3.63, 3.8) is 0 Å². The molecule has 4 nitrogen and oxygen atoms in total. The van der Waals surface area contributed by atoms with Crippen LogP contribution < -0.4 is 5.32 Å².